The zero-order chi connectivity index (χ0) is 26.6. The Morgan fingerprint density at radius 2 is 1.94 bits per heavy atom. The summed E-state index contributed by atoms with van der Waals surface area (Å²) in [6, 6.07) is 0. The van der Waals surface area contributed by atoms with Gasteiger partial charge in [-0.25, -0.2) is 4.98 Å². The second-order valence-electron chi connectivity index (χ2n) is 12.1. The van der Waals surface area contributed by atoms with Gasteiger partial charge in [-0.2, -0.15) is 0 Å². The first-order valence-corrected chi connectivity index (χ1v) is 14.8. The number of ketones is 1. The maximum atomic E-state index is 13.1. The Hall–Kier alpha value is -1.53. The zero-order valence-electron chi connectivity index (χ0n) is 23.6. The van der Waals surface area contributed by atoms with Crippen LogP contribution in [0.1, 0.15) is 123 Å². The Morgan fingerprint density at radius 3 is 2.61 bits per heavy atom. The van der Waals surface area contributed by atoms with E-state index in [1.807, 2.05) is 39.2 Å². The van der Waals surface area contributed by atoms with Gasteiger partial charge in [0.1, 0.15) is 17.5 Å². The Balaban J connectivity index is 1.88. The van der Waals surface area contributed by atoms with Gasteiger partial charge in [-0.15, -0.1) is 11.3 Å². The summed E-state index contributed by atoms with van der Waals surface area (Å²) in [7, 11) is 0. The monoisotopic (exact) mass is 517 g/mol. The van der Waals surface area contributed by atoms with Crippen molar-refractivity contribution in [3.05, 3.63) is 21.7 Å². The van der Waals surface area contributed by atoms with Crippen molar-refractivity contribution in [2.45, 2.75) is 136 Å². The molecule has 1 aromatic rings. The lowest BCUT2D eigenvalue weighted by Gasteiger charge is -2.27. The van der Waals surface area contributed by atoms with Gasteiger partial charge in [-0.1, -0.05) is 53.4 Å². The van der Waals surface area contributed by atoms with Crippen LogP contribution in [0.2, 0.25) is 0 Å². The van der Waals surface area contributed by atoms with E-state index in [9.17, 15) is 9.59 Å². The Bertz CT molecular complexity index is 951. The van der Waals surface area contributed by atoms with Crippen LogP contribution in [-0.2, 0) is 19.1 Å². The molecule has 4 unspecified atom stereocenters. The molecule has 0 N–H and O–H groups in total. The number of rotatable bonds is 5. The molecule has 5 nitrogen and oxygen atoms in total. The summed E-state index contributed by atoms with van der Waals surface area (Å²) in [6.07, 6.45) is 11.0. The summed E-state index contributed by atoms with van der Waals surface area (Å²) < 4.78 is 12.8. The molecule has 0 amide bonds. The van der Waals surface area contributed by atoms with Crippen LogP contribution in [-0.4, -0.2) is 34.0 Å². The number of aryl methyl sites for hydroxylation is 1. The van der Waals surface area contributed by atoms with Gasteiger partial charge in [0.2, 0.25) is 0 Å². The van der Waals surface area contributed by atoms with Crippen LogP contribution < -0.4 is 0 Å². The maximum absolute atomic E-state index is 13.1. The number of carbonyl (C=O) groups is 2. The van der Waals surface area contributed by atoms with Gasteiger partial charge in [0.05, 0.1) is 16.3 Å². The van der Waals surface area contributed by atoms with Crippen molar-refractivity contribution < 1.29 is 19.1 Å². The Morgan fingerprint density at radius 1 is 1.19 bits per heavy atom. The first-order chi connectivity index (χ1) is 16.9. The normalized spacial score (nSPS) is 32.6. The Kier molecular flexibility index (Phi) is 9.59. The fourth-order valence-electron chi connectivity index (χ4n) is 5.61. The number of hydrogen-bond donors (Lipinski definition) is 0. The summed E-state index contributed by atoms with van der Waals surface area (Å²) in [4.78, 5) is 30.6. The topological polar surface area (TPSA) is 68.8 Å². The highest BCUT2D eigenvalue weighted by Gasteiger charge is 2.66. The van der Waals surface area contributed by atoms with Crippen molar-refractivity contribution in [2.24, 2.45) is 11.3 Å². The summed E-state index contributed by atoms with van der Waals surface area (Å²) >= 11 is 1.62. The molecule has 0 spiro atoms. The molecule has 6 heteroatoms. The second kappa shape index (κ2) is 11.9. The van der Waals surface area contributed by atoms with Crippen LogP contribution in [0.15, 0.2) is 11.0 Å². The van der Waals surface area contributed by atoms with E-state index in [-0.39, 0.29) is 35.5 Å². The van der Waals surface area contributed by atoms with Gasteiger partial charge in [-0.05, 0) is 64.0 Å². The molecule has 0 radical (unpaired) electrons. The highest BCUT2D eigenvalue weighted by atomic mass is 32.1. The van der Waals surface area contributed by atoms with Gasteiger partial charge < -0.3 is 9.47 Å². The molecule has 2 aliphatic rings. The molecular formula is C30H47NO4S. The van der Waals surface area contributed by atoms with Gasteiger partial charge in [-0.3, -0.25) is 9.59 Å². The second-order valence-corrected chi connectivity index (χ2v) is 13.2. The molecular weight excluding hydrogens is 470 g/mol. The van der Waals surface area contributed by atoms with Crippen LogP contribution in [0.4, 0.5) is 0 Å². The fourth-order valence-corrected chi connectivity index (χ4v) is 6.18. The minimum Gasteiger partial charge on any atom is -0.458 e. The van der Waals surface area contributed by atoms with Crippen LogP contribution in [0.5, 0.6) is 0 Å². The lowest BCUT2D eigenvalue weighted by molar-refractivity contribution is -0.149. The summed E-state index contributed by atoms with van der Waals surface area (Å²) in [6.45, 7) is 14.7. The van der Waals surface area contributed by atoms with Crippen molar-refractivity contribution in [3.8, 4) is 0 Å². The van der Waals surface area contributed by atoms with Crippen LogP contribution in [0.25, 0.3) is 6.08 Å². The van der Waals surface area contributed by atoms with E-state index < -0.39 is 5.41 Å². The summed E-state index contributed by atoms with van der Waals surface area (Å²) in [5.41, 5.74) is 0.915. The van der Waals surface area contributed by atoms with Crippen LogP contribution >= 0.6 is 11.3 Å². The summed E-state index contributed by atoms with van der Waals surface area (Å²) in [5.74, 6) is 0.517. The lowest BCUT2D eigenvalue weighted by Crippen LogP contribution is -2.33. The Labute approximate surface area is 222 Å². The van der Waals surface area contributed by atoms with E-state index in [4.69, 9.17) is 9.47 Å². The van der Waals surface area contributed by atoms with Gasteiger partial charge in [0.25, 0.3) is 0 Å². The molecule has 202 valence electrons. The number of hydrogen-bond acceptors (Lipinski definition) is 6. The van der Waals surface area contributed by atoms with Crippen LogP contribution in [0.3, 0.4) is 0 Å². The number of ether oxygens (including phenoxy) is 2. The third-order valence-electron chi connectivity index (χ3n) is 8.51. The van der Waals surface area contributed by atoms with Crippen molar-refractivity contribution in [2.75, 3.05) is 0 Å². The average Bonchev–Trinajstić information content (AvgIpc) is 3.14. The number of thiazole rings is 1. The molecule has 2 saturated heterocycles. The molecule has 0 saturated carbocycles. The number of aromatic nitrogens is 1. The number of nitrogens with zero attached hydrogens (tertiary/aromatic N) is 1. The highest BCUT2D eigenvalue weighted by Crippen LogP contribution is 2.57. The minimum atomic E-state index is -0.519. The van der Waals surface area contributed by atoms with E-state index in [2.05, 4.69) is 25.8 Å². The van der Waals surface area contributed by atoms with E-state index in [1.165, 1.54) is 0 Å². The van der Waals surface area contributed by atoms with Crippen molar-refractivity contribution in [1.29, 1.82) is 0 Å². The predicted molar refractivity (Wildman–Crippen MR) is 147 cm³/mol. The SMILES string of the molecule is CCCCC12CC(C(C)=Cc3csc(C)n3)OC(=O)CCC(C)(C)C(=O)CCC(C)CCCC1(C)O2. The fraction of sp³-hybridized carbons (Fsp3) is 0.767. The van der Waals surface area contributed by atoms with Gasteiger partial charge in [0, 0.05) is 30.1 Å². The number of epoxide rings is 1. The average molecular weight is 518 g/mol. The quantitative estimate of drug-likeness (QED) is 0.294. The van der Waals surface area contributed by atoms with E-state index in [0.717, 1.165) is 61.2 Å². The molecule has 2 aliphatic heterocycles. The number of unbranched alkanes of at least 4 members (excludes halogenated alkanes) is 1. The number of esters is 1. The first kappa shape index (κ1) is 29.0. The van der Waals surface area contributed by atoms with Crippen LogP contribution in [0, 0.1) is 18.3 Å². The van der Waals surface area contributed by atoms with E-state index >= 15 is 0 Å². The smallest absolute Gasteiger partial charge is 0.306 e. The molecule has 4 atom stereocenters. The molecule has 1 aromatic heterocycles. The van der Waals surface area contributed by atoms with E-state index in [0.29, 0.717) is 25.2 Å². The predicted octanol–water partition coefficient (Wildman–Crippen LogP) is 7.85. The van der Waals surface area contributed by atoms with E-state index in [1.54, 1.807) is 11.3 Å². The largest absolute Gasteiger partial charge is 0.458 e. The first-order valence-electron chi connectivity index (χ1n) is 13.9. The molecule has 36 heavy (non-hydrogen) atoms. The maximum Gasteiger partial charge on any atom is 0.306 e. The number of cyclic esters (lactones) is 1. The molecule has 0 aromatic carbocycles. The van der Waals surface area contributed by atoms with Crippen molar-refractivity contribution in [3.63, 3.8) is 0 Å². The van der Waals surface area contributed by atoms with Crippen molar-refractivity contribution >= 4 is 29.2 Å². The number of carbonyl (C=O) groups excluding carboxylic acids is 2. The number of Topliss-reactive ketones (excluding diaryl/α,β-unsaturated/α-hetero) is 1. The zero-order valence-corrected chi connectivity index (χ0v) is 24.4. The van der Waals surface area contributed by atoms with Gasteiger partial charge in [0.15, 0.2) is 0 Å². The van der Waals surface area contributed by atoms with Gasteiger partial charge >= 0.3 is 5.97 Å². The number of fused-ring (bicyclic) bond motifs is 1. The molecule has 0 bridgehead atoms. The summed E-state index contributed by atoms with van der Waals surface area (Å²) in [5, 5.41) is 3.05. The third-order valence-corrected chi connectivity index (χ3v) is 9.30. The lowest BCUT2D eigenvalue weighted by atomic mass is 9.79. The third kappa shape index (κ3) is 7.28. The molecule has 3 rings (SSSR count). The van der Waals surface area contributed by atoms with Crippen molar-refractivity contribution in [1.82, 2.24) is 4.98 Å². The molecule has 0 aliphatic carbocycles. The highest BCUT2D eigenvalue weighted by molar-refractivity contribution is 7.09. The standard InChI is InChI=1S/C30H47NO4S/c1-8-9-16-30-19-25(22(3)18-24-20-36-23(4)31-24)34-27(33)14-17-28(5,6)26(32)13-12-21(2)11-10-15-29(30,7)35-30/h18,20-21,25H,8-17,19H2,1-7H3. The molecule has 3 heterocycles. The molecule has 2 fully saturated rings. The minimum absolute atomic E-state index is 0.196.